The van der Waals surface area contributed by atoms with E-state index >= 15 is 0 Å². The second kappa shape index (κ2) is 5.87. The number of aliphatic hydroxyl groups excluding tert-OH is 1. The van der Waals surface area contributed by atoms with E-state index < -0.39 is 6.10 Å². The molecule has 2 aromatic rings. The minimum absolute atomic E-state index is 0.00428. The van der Waals surface area contributed by atoms with Crippen LogP contribution >= 0.6 is 0 Å². The van der Waals surface area contributed by atoms with Crippen molar-refractivity contribution >= 4 is 6.21 Å². The van der Waals surface area contributed by atoms with Gasteiger partial charge in [-0.1, -0.05) is 11.2 Å². The van der Waals surface area contributed by atoms with Gasteiger partial charge in [-0.25, -0.2) is 4.99 Å². The van der Waals surface area contributed by atoms with Crippen LogP contribution in [0.4, 0.5) is 0 Å². The van der Waals surface area contributed by atoms with Crippen LogP contribution in [0.1, 0.15) is 41.0 Å². The molecule has 4 heterocycles. The van der Waals surface area contributed by atoms with Crippen LogP contribution in [0.2, 0.25) is 0 Å². The van der Waals surface area contributed by atoms with Gasteiger partial charge in [0.1, 0.15) is 11.6 Å². The predicted octanol–water partition coefficient (Wildman–Crippen LogP) is 2.41. The van der Waals surface area contributed by atoms with E-state index in [1.165, 1.54) is 5.57 Å². The summed E-state index contributed by atoms with van der Waals surface area (Å²) in [6.45, 7) is 4.58. The monoisotopic (exact) mass is 324 g/mol. The molecule has 2 aliphatic heterocycles. The Balaban J connectivity index is 1.61. The molecule has 0 fully saturated rings. The van der Waals surface area contributed by atoms with Crippen molar-refractivity contribution in [1.82, 2.24) is 15.5 Å². The molecular formula is C18H20N4O2. The van der Waals surface area contributed by atoms with E-state index in [-0.39, 0.29) is 11.8 Å². The van der Waals surface area contributed by atoms with Crippen LogP contribution in [0.15, 0.2) is 45.4 Å². The van der Waals surface area contributed by atoms with E-state index in [9.17, 15) is 5.11 Å². The predicted molar refractivity (Wildman–Crippen MR) is 89.5 cm³/mol. The molecule has 0 saturated heterocycles. The van der Waals surface area contributed by atoms with E-state index in [4.69, 9.17) is 4.52 Å². The van der Waals surface area contributed by atoms with Crippen molar-refractivity contribution in [3.05, 3.63) is 58.5 Å². The molecule has 0 saturated carbocycles. The Labute approximate surface area is 140 Å². The average Bonchev–Trinajstić information content (AvgIpc) is 3.17. The average molecular weight is 324 g/mol. The Morgan fingerprint density at radius 2 is 2.25 bits per heavy atom. The van der Waals surface area contributed by atoms with Gasteiger partial charge in [0, 0.05) is 42.6 Å². The number of nitrogens with one attached hydrogen (secondary N) is 1. The lowest BCUT2D eigenvalue weighted by Crippen LogP contribution is -2.20. The van der Waals surface area contributed by atoms with Crippen molar-refractivity contribution < 1.29 is 9.63 Å². The Hall–Kier alpha value is -2.47. The van der Waals surface area contributed by atoms with Crippen molar-refractivity contribution in [3.63, 3.8) is 0 Å². The SMILES string of the molecule is Cc1noc(C)c1[C@@H]1C=NC2=C(C1)[C@@H](C(O)c1cccnc1)CN2. The second-order valence-corrected chi connectivity index (χ2v) is 6.42. The number of aliphatic hydroxyl groups is 1. The van der Waals surface area contributed by atoms with Crippen molar-refractivity contribution in [2.24, 2.45) is 10.9 Å². The summed E-state index contributed by atoms with van der Waals surface area (Å²) in [4.78, 5) is 8.70. The summed E-state index contributed by atoms with van der Waals surface area (Å²) in [6, 6.07) is 3.76. The lowest BCUT2D eigenvalue weighted by molar-refractivity contribution is 0.129. The first kappa shape index (κ1) is 15.1. The van der Waals surface area contributed by atoms with Crippen LogP contribution in [-0.2, 0) is 0 Å². The second-order valence-electron chi connectivity index (χ2n) is 6.42. The van der Waals surface area contributed by atoms with Crippen molar-refractivity contribution in [2.45, 2.75) is 32.3 Å². The summed E-state index contributed by atoms with van der Waals surface area (Å²) in [5.74, 6) is 1.87. The lowest BCUT2D eigenvalue weighted by atomic mass is 9.82. The zero-order valence-electron chi connectivity index (χ0n) is 13.7. The maximum absolute atomic E-state index is 10.8. The van der Waals surface area contributed by atoms with Gasteiger partial charge < -0.3 is 14.9 Å². The molecule has 4 rings (SSSR count). The third-order valence-corrected chi connectivity index (χ3v) is 4.93. The molecule has 24 heavy (non-hydrogen) atoms. The fourth-order valence-electron chi connectivity index (χ4n) is 3.73. The maximum atomic E-state index is 10.8. The molecule has 0 aliphatic carbocycles. The van der Waals surface area contributed by atoms with Gasteiger partial charge in [-0.3, -0.25) is 4.98 Å². The van der Waals surface area contributed by atoms with Crippen molar-refractivity contribution in [1.29, 1.82) is 0 Å². The molecular weight excluding hydrogens is 304 g/mol. The van der Waals surface area contributed by atoms with Crippen LogP contribution in [0.5, 0.6) is 0 Å². The first-order valence-electron chi connectivity index (χ1n) is 8.17. The Morgan fingerprint density at radius 1 is 1.38 bits per heavy atom. The molecule has 0 bridgehead atoms. The highest BCUT2D eigenvalue weighted by molar-refractivity contribution is 5.72. The first-order valence-corrected chi connectivity index (χ1v) is 8.17. The third kappa shape index (κ3) is 2.43. The van der Waals surface area contributed by atoms with Gasteiger partial charge in [-0.05, 0) is 37.5 Å². The molecule has 124 valence electrons. The third-order valence-electron chi connectivity index (χ3n) is 4.93. The number of aliphatic imine (C=N–C) groups is 1. The topological polar surface area (TPSA) is 83.5 Å². The number of hydrogen-bond acceptors (Lipinski definition) is 6. The summed E-state index contributed by atoms with van der Waals surface area (Å²) in [7, 11) is 0. The normalized spacial score (nSPS) is 24.0. The molecule has 0 radical (unpaired) electrons. The van der Waals surface area contributed by atoms with Gasteiger partial charge in [0.25, 0.3) is 0 Å². The molecule has 6 nitrogen and oxygen atoms in total. The Kier molecular flexibility index (Phi) is 3.69. The summed E-state index contributed by atoms with van der Waals surface area (Å²) < 4.78 is 5.30. The van der Waals surface area contributed by atoms with Gasteiger partial charge in [-0.15, -0.1) is 0 Å². The molecule has 0 aromatic carbocycles. The van der Waals surface area contributed by atoms with Crippen molar-refractivity contribution in [3.8, 4) is 0 Å². The highest BCUT2D eigenvalue weighted by Crippen LogP contribution is 2.41. The number of rotatable bonds is 3. The van der Waals surface area contributed by atoms with Crippen LogP contribution in [0.3, 0.4) is 0 Å². The van der Waals surface area contributed by atoms with E-state index in [2.05, 4.69) is 20.4 Å². The Morgan fingerprint density at radius 3 is 2.96 bits per heavy atom. The summed E-state index contributed by atoms with van der Waals surface area (Å²) in [5.41, 5.74) is 4.01. The molecule has 2 aliphatic rings. The number of aryl methyl sites for hydroxylation is 2. The Bertz CT molecular complexity index is 790. The van der Waals surface area contributed by atoms with Crippen LogP contribution < -0.4 is 5.32 Å². The van der Waals surface area contributed by atoms with Crippen LogP contribution in [0, 0.1) is 19.8 Å². The molecule has 0 amide bonds. The van der Waals surface area contributed by atoms with Gasteiger partial charge in [-0.2, -0.15) is 0 Å². The summed E-state index contributed by atoms with van der Waals surface area (Å²) in [6.07, 6.45) is 5.62. The smallest absolute Gasteiger partial charge is 0.137 e. The highest BCUT2D eigenvalue weighted by Gasteiger charge is 2.36. The summed E-state index contributed by atoms with van der Waals surface area (Å²) in [5, 5.41) is 18.2. The van der Waals surface area contributed by atoms with E-state index in [1.54, 1.807) is 12.4 Å². The van der Waals surface area contributed by atoms with Gasteiger partial charge >= 0.3 is 0 Å². The molecule has 6 heteroatoms. The zero-order valence-corrected chi connectivity index (χ0v) is 13.7. The minimum Gasteiger partial charge on any atom is -0.388 e. The van der Waals surface area contributed by atoms with Gasteiger partial charge in [0.05, 0.1) is 11.8 Å². The number of hydrogen-bond donors (Lipinski definition) is 2. The zero-order chi connectivity index (χ0) is 16.7. The molecule has 2 N–H and O–H groups in total. The molecule has 0 spiro atoms. The fourth-order valence-corrected chi connectivity index (χ4v) is 3.73. The minimum atomic E-state index is -0.586. The molecule has 3 atom stereocenters. The van der Waals surface area contributed by atoms with Gasteiger partial charge in [0.15, 0.2) is 0 Å². The molecule has 1 unspecified atom stereocenters. The maximum Gasteiger partial charge on any atom is 0.137 e. The number of pyridine rings is 1. The lowest BCUT2D eigenvalue weighted by Gasteiger charge is -2.24. The first-order chi connectivity index (χ1) is 11.6. The van der Waals surface area contributed by atoms with Crippen molar-refractivity contribution in [2.75, 3.05) is 6.54 Å². The number of aromatic nitrogens is 2. The summed E-state index contributed by atoms with van der Waals surface area (Å²) >= 11 is 0. The van der Waals surface area contributed by atoms with E-state index in [1.807, 2.05) is 32.2 Å². The van der Waals surface area contributed by atoms with Gasteiger partial charge in [0.2, 0.25) is 0 Å². The van der Waals surface area contributed by atoms with E-state index in [0.717, 1.165) is 34.8 Å². The molecule has 2 aromatic heterocycles. The highest BCUT2D eigenvalue weighted by atomic mass is 16.5. The van der Waals surface area contributed by atoms with Crippen LogP contribution in [0.25, 0.3) is 0 Å². The fraction of sp³-hybridized carbons (Fsp3) is 0.389. The standard InChI is InChI=1S/C18H20N4O2/c1-10-16(11(2)24-22-10)13-6-14-15(9-21-18(14)20-8-13)17(23)12-4-3-5-19-7-12/h3-5,7-8,13,15,17,21,23H,6,9H2,1-2H3/t13-,15-,17?/m0/s1. The van der Waals surface area contributed by atoms with Crippen LogP contribution in [-0.4, -0.2) is 28.0 Å². The number of nitrogens with zero attached hydrogens (tertiary/aromatic N) is 3. The quantitative estimate of drug-likeness (QED) is 0.906. The largest absolute Gasteiger partial charge is 0.388 e. The van der Waals surface area contributed by atoms with E-state index in [0.29, 0.717) is 6.54 Å².